The van der Waals surface area contributed by atoms with E-state index in [1.165, 1.54) is 19.3 Å². The number of aryl methyl sites for hydroxylation is 1. The zero-order valence-corrected chi connectivity index (χ0v) is 20.5. The summed E-state index contributed by atoms with van der Waals surface area (Å²) < 4.78 is 11.4. The lowest BCUT2D eigenvalue weighted by molar-refractivity contribution is -0.137. The van der Waals surface area contributed by atoms with Crippen molar-refractivity contribution < 1.29 is 19.1 Å². The highest BCUT2D eigenvalue weighted by Crippen LogP contribution is 2.33. The first kappa shape index (κ1) is 27.2. The van der Waals surface area contributed by atoms with Crippen LogP contribution in [0.3, 0.4) is 0 Å². The van der Waals surface area contributed by atoms with Crippen LogP contribution in [-0.4, -0.2) is 11.9 Å². The third kappa shape index (κ3) is 12.6. The molecule has 0 aromatic heterocycles. The molecule has 0 spiro atoms. The van der Waals surface area contributed by atoms with Gasteiger partial charge < -0.3 is 9.47 Å². The minimum atomic E-state index is -0.266. The van der Waals surface area contributed by atoms with E-state index in [1.807, 2.05) is 12.1 Å². The first-order chi connectivity index (χ1) is 14.8. The first-order valence-electron chi connectivity index (χ1n) is 12.4. The number of hydrogen-bond acceptors (Lipinski definition) is 4. The monoisotopic (exact) mass is 432 g/mol. The number of para-hydroxylation sites is 1. The summed E-state index contributed by atoms with van der Waals surface area (Å²) >= 11 is 0. The molecule has 176 valence electrons. The van der Waals surface area contributed by atoms with Crippen LogP contribution < -0.4 is 9.47 Å². The SMILES string of the molecule is CCCCCCCc1cccc(OC(=O)CCCC(C)C)c1OC(=O)CCCC(C)C. The van der Waals surface area contributed by atoms with Crippen LogP contribution in [0.1, 0.15) is 111 Å². The molecule has 0 heterocycles. The maximum atomic E-state index is 12.5. The molecule has 1 aromatic carbocycles. The minimum absolute atomic E-state index is 0.254. The summed E-state index contributed by atoms with van der Waals surface area (Å²) in [5.74, 6) is 1.41. The van der Waals surface area contributed by atoms with Crippen LogP contribution >= 0.6 is 0 Å². The third-order valence-corrected chi connectivity index (χ3v) is 5.37. The normalized spacial score (nSPS) is 11.2. The molecule has 0 aliphatic rings. The van der Waals surface area contributed by atoms with E-state index in [-0.39, 0.29) is 11.9 Å². The molecular weight excluding hydrogens is 388 g/mol. The molecule has 0 radical (unpaired) electrons. The number of benzene rings is 1. The van der Waals surface area contributed by atoms with E-state index < -0.39 is 0 Å². The van der Waals surface area contributed by atoms with Gasteiger partial charge in [0.25, 0.3) is 0 Å². The standard InChI is InChI=1S/C27H44O4/c1-6-7-8-9-10-16-23-17-13-18-24(30-25(28)19-11-14-21(2)3)27(23)31-26(29)20-12-15-22(4)5/h13,17-18,21-22H,6-12,14-16,19-20H2,1-5H3. The molecule has 0 fully saturated rings. The van der Waals surface area contributed by atoms with E-state index in [1.54, 1.807) is 6.07 Å². The summed E-state index contributed by atoms with van der Waals surface area (Å²) in [6, 6.07) is 5.60. The predicted molar refractivity (Wildman–Crippen MR) is 128 cm³/mol. The van der Waals surface area contributed by atoms with Crippen molar-refractivity contribution >= 4 is 11.9 Å². The van der Waals surface area contributed by atoms with Crippen LogP contribution in [0.15, 0.2) is 18.2 Å². The average Bonchev–Trinajstić information content (AvgIpc) is 2.69. The van der Waals surface area contributed by atoms with Crippen molar-refractivity contribution in [2.24, 2.45) is 11.8 Å². The van der Waals surface area contributed by atoms with Crippen molar-refractivity contribution in [2.45, 2.75) is 112 Å². The zero-order valence-electron chi connectivity index (χ0n) is 20.5. The van der Waals surface area contributed by atoms with Crippen LogP contribution in [0, 0.1) is 11.8 Å². The lowest BCUT2D eigenvalue weighted by Gasteiger charge is -2.15. The van der Waals surface area contributed by atoms with Crippen LogP contribution in [0.25, 0.3) is 0 Å². The molecule has 0 aliphatic heterocycles. The largest absolute Gasteiger partial charge is 0.423 e. The molecule has 0 saturated carbocycles. The number of ether oxygens (including phenoxy) is 2. The highest BCUT2D eigenvalue weighted by atomic mass is 16.6. The predicted octanol–water partition coefficient (Wildman–Crippen LogP) is 7.66. The van der Waals surface area contributed by atoms with E-state index >= 15 is 0 Å². The van der Waals surface area contributed by atoms with Gasteiger partial charge in [-0.3, -0.25) is 9.59 Å². The maximum Gasteiger partial charge on any atom is 0.311 e. The van der Waals surface area contributed by atoms with E-state index in [0.717, 1.165) is 50.5 Å². The van der Waals surface area contributed by atoms with E-state index in [9.17, 15) is 9.59 Å². The molecule has 31 heavy (non-hydrogen) atoms. The molecule has 4 heteroatoms. The van der Waals surface area contributed by atoms with E-state index in [0.29, 0.717) is 36.2 Å². The summed E-state index contributed by atoms with van der Waals surface area (Å²) in [6.45, 7) is 10.8. The number of unbranched alkanes of at least 4 members (excludes halogenated alkanes) is 4. The second kappa shape index (κ2) is 15.9. The van der Waals surface area contributed by atoms with Crippen molar-refractivity contribution in [2.75, 3.05) is 0 Å². The van der Waals surface area contributed by atoms with Gasteiger partial charge in [0.15, 0.2) is 11.5 Å². The summed E-state index contributed by atoms with van der Waals surface area (Å²) in [7, 11) is 0. The molecule has 0 aliphatic carbocycles. The Kier molecular flexibility index (Phi) is 13.9. The molecule has 0 atom stereocenters. The summed E-state index contributed by atoms with van der Waals surface area (Å²) in [5, 5.41) is 0. The van der Waals surface area contributed by atoms with Crippen molar-refractivity contribution in [3.63, 3.8) is 0 Å². The van der Waals surface area contributed by atoms with Crippen LogP contribution in [0.2, 0.25) is 0 Å². The van der Waals surface area contributed by atoms with Gasteiger partial charge in [0.1, 0.15) is 0 Å². The van der Waals surface area contributed by atoms with Crippen LogP contribution in [-0.2, 0) is 16.0 Å². The molecule has 0 unspecified atom stereocenters. The molecule has 0 amide bonds. The molecular formula is C27H44O4. The minimum Gasteiger partial charge on any atom is -0.423 e. The van der Waals surface area contributed by atoms with Crippen molar-refractivity contribution in [3.05, 3.63) is 23.8 Å². The van der Waals surface area contributed by atoms with Crippen molar-refractivity contribution in [1.29, 1.82) is 0 Å². The fraction of sp³-hybridized carbons (Fsp3) is 0.704. The Balaban J connectivity index is 2.84. The third-order valence-electron chi connectivity index (χ3n) is 5.37. The average molecular weight is 433 g/mol. The molecule has 1 rings (SSSR count). The maximum absolute atomic E-state index is 12.5. The van der Waals surface area contributed by atoms with Gasteiger partial charge in [0, 0.05) is 12.8 Å². The van der Waals surface area contributed by atoms with Crippen molar-refractivity contribution in [1.82, 2.24) is 0 Å². The Hall–Kier alpha value is -1.84. The highest BCUT2D eigenvalue weighted by molar-refractivity contribution is 5.76. The Bertz CT molecular complexity index is 649. The van der Waals surface area contributed by atoms with Gasteiger partial charge in [-0.1, -0.05) is 85.3 Å². The second-order valence-corrected chi connectivity index (χ2v) is 9.43. The van der Waals surface area contributed by atoms with Gasteiger partial charge in [-0.25, -0.2) is 0 Å². The summed E-state index contributed by atoms with van der Waals surface area (Å²) in [5.41, 5.74) is 0.946. The van der Waals surface area contributed by atoms with Crippen molar-refractivity contribution in [3.8, 4) is 11.5 Å². The summed E-state index contributed by atoms with van der Waals surface area (Å²) in [4.78, 5) is 24.8. The topological polar surface area (TPSA) is 52.6 Å². The molecule has 0 saturated heterocycles. The van der Waals surface area contributed by atoms with Gasteiger partial charge in [-0.2, -0.15) is 0 Å². The quantitative estimate of drug-likeness (QED) is 0.153. The Morgan fingerprint density at radius 3 is 1.94 bits per heavy atom. The van der Waals surface area contributed by atoms with E-state index in [2.05, 4.69) is 34.6 Å². The number of hydrogen-bond donors (Lipinski definition) is 0. The smallest absolute Gasteiger partial charge is 0.311 e. The first-order valence-corrected chi connectivity index (χ1v) is 12.4. The van der Waals surface area contributed by atoms with E-state index in [4.69, 9.17) is 9.47 Å². The van der Waals surface area contributed by atoms with Gasteiger partial charge in [0.05, 0.1) is 0 Å². The second-order valence-electron chi connectivity index (χ2n) is 9.43. The van der Waals surface area contributed by atoms with Gasteiger partial charge >= 0.3 is 11.9 Å². The van der Waals surface area contributed by atoms with Gasteiger partial charge in [-0.15, -0.1) is 0 Å². The van der Waals surface area contributed by atoms with Crippen LogP contribution in [0.5, 0.6) is 11.5 Å². The Morgan fingerprint density at radius 2 is 1.35 bits per heavy atom. The fourth-order valence-electron chi connectivity index (χ4n) is 3.52. The number of rotatable bonds is 16. The number of carbonyl (C=O) groups is 2. The van der Waals surface area contributed by atoms with Crippen LogP contribution in [0.4, 0.5) is 0 Å². The molecule has 4 nitrogen and oxygen atoms in total. The fourth-order valence-corrected chi connectivity index (χ4v) is 3.52. The number of esters is 2. The lowest BCUT2D eigenvalue weighted by atomic mass is 10.0. The summed E-state index contributed by atoms with van der Waals surface area (Å²) in [6.07, 6.45) is 11.0. The Labute approximate surface area is 190 Å². The highest BCUT2D eigenvalue weighted by Gasteiger charge is 2.18. The number of carbonyl (C=O) groups excluding carboxylic acids is 2. The molecule has 1 aromatic rings. The Morgan fingerprint density at radius 1 is 0.774 bits per heavy atom. The lowest BCUT2D eigenvalue weighted by Crippen LogP contribution is -2.13. The van der Waals surface area contributed by atoms with Gasteiger partial charge in [0.2, 0.25) is 0 Å². The molecule has 0 bridgehead atoms. The molecule has 0 N–H and O–H groups in total. The van der Waals surface area contributed by atoms with Gasteiger partial charge in [-0.05, 0) is 49.1 Å². The zero-order chi connectivity index (χ0) is 23.1.